The molecular formula is C24H29N5O3. The van der Waals surface area contributed by atoms with Crippen LogP contribution in [0.25, 0.3) is 10.9 Å². The van der Waals surface area contributed by atoms with Gasteiger partial charge in [-0.15, -0.1) is 0 Å². The van der Waals surface area contributed by atoms with E-state index in [-0.39, 0.29) is 12.0 Å². The van der Waals surface area contributed by atoms with Gasteiger partial charge >= 0.3 is 5.97 Å². The van der Waals surface area contributed by atoms with E-state index >= 15 is 0 Å². The molecule has 1 aromatic heterocycles. The number of aromatic nitrogens is 2. The zero-order valence-corrected chi connectivity index (χ0v) is 18.3. The summed E-state index contributed by atoms with van der Waals surface area (Å²) in [6, 6.07) is 15.7. The van der Waals surface area contributed by atoms with Crippen molar-refractivity contribution in [3.05, 3.63) is 64.4 Å². The summed E-state index contributed by atoms with van der Waals surface area (Å²) in [5.74, 6) is -0.413. The highest BCUT2D eigenvalue weighted by molar-refractivity contribution is 5.78. The van der Waals surface area contributed by atoms with Crippen molar-refractivity contribution < 1.29 is 9.90 Å². The lowest BCUT2D eigenvalue weighted by Gasteiger charge is -2.34. The first-order chi connectivity index (χ1) is 15.5. The number of anilines is 2. The third-order valence-corrected chi connectivity index (χ3v) is 5.89. The lowest BCUT2D eigenvalue weighted by atomic mass is 10.2. The van der Waals surface area contributed by atoms with Crippen LogP contribution in [0.1, 0.15) is 18.4 Å². The van der Waals surface area contributed by atoms with Gasteiger partial charge in [-0.2, -0.15) is 0 Å². The van der Waals surface area contributed by atoms with Crippen LogP contribution in [0.4, 0.5) is 11.6 Å². The molecular weight excluding hydrogens is 406 g/mol. The predicted molar refractivity (Wildman–Crippen MR) is 126 cm³/mol. The molecule has 0 bridgehead atoms. The Morgan fingerprint density at radius 3 is 2.50 bits per heavy atom. The minimum atomic E-state index is -0.873. The van der Waals surface area contributed by atoms with Crippen LogP contribution in [0, 0.1) is 0 Å². The highest BCUT2D eigenvalue weighted by atomic mass is 16.4. The molecule has 0 amide bonds. The number of carboxylic acids is 1. The number of nitrogens with one attached hydrogen (secondary N) is 1. The van der Waals surface area contributed by atoms with E-state index in [0.29, 0.717) is 36.4 Å². The normalized spacial score (nSPS) is 14.6. The molecule has 0 saturated carbocycles. The fourth-order valence-corrected chi connectivity index (χ4v) is 3.97. The van der Waals surface area contributed by atoms with Crippen LogP contribution in [-0.4, -0.2) is 58.8 Å². The number of carbonyl (C=O) groups is 1. The smallest absolute Gasteiger partial charge is 0.303 e. The van der Waals surface area contributed by atoms with E-state index in [0.717, 1.165) is 31.7 Å². The van der Waals surface area contributed by atoms with Gasteiger partial charge in [-0.1, -0.05) is 24.3 Å². The molecule has 0 spiro atoms. The maximum absolute atomic E-state index is 13.0. The van der Waals surface area contributed by atoms with Crippen molar-refractivity contribution in [3.63, 3.8) is 0 Å². The van der Waals surface area contributed by atoms with Crippen molar-refractivity contribution in [1.29, 1.82) is 0 Å². The molecule has 2 aromatic carbocycles. The van der Waals surface area contributed by atoms with E-state index in [1.165, 1.54) is 5.69 Å². The van der Waals surface area contributed by atoms with Crippen LogP contribution < -0.4 is 15.8 Å². The van der Waals surface area contributed by atoms with Crippen molar-refractivity contribution >= 4 is 28.5 Å². The molecule has 32 heavy (non-hydrogen) atoms. The Balaban J connectivity index is 1.50. The fraction of sp³-hybridized carbons (Fsp3) is 0.375. The molecule has 4 rings (SSSR count). The van der Waals surface area contributed by atoms with Gasteiger partial charge in [-0.3, -0.25) is 14.2 Å². The first-order valence-electron chi connectivity index (χ1n) is 11.0. The second-order valence-electron chi connectivity index (χ2n) is 8.22. The number of benzene rings is 2. The fourth-order valence-electron chi connectivity index (χ4n) is 3.97. The number of fused-ring (bicyclic) bond motifs is 1. The molecule has 1 aliphatic heterocycles. The minimum absolute atomic E-state index is 0.00641. The third kappa shape index (κ3) is 5.08. The SMILES string of the molecule is CN1CCN(c2ccc(CNc3nc4ccccc4c(=O)n3CCCC(=O)O)cc2)CC1. The Bertz CT molecular complexity index is 1130. The van der Waals surface area contributed by atoms with Gasteiger partial charge in [0, 0.05) is 51.4 Å². The molecule has 1 aliphatic rings. The van der Waals surface area contributed by atoms with Gasteiger partial charge in [0.1, 0.15) is 0 Å². The van der Waals surface area contributed by atoms with Gasteiger partial charge in [-0.25, -0.2) is 4.98 Å². The summed E-state index contributed by atoms with van der Waals surface area (Å²) in [7, 11) is 2.15. The van der Waals surface area contributed by atoms with E-state index in [9.17, 15) is 9.59 Å². The van der Waals surface area contributed by atoms with E-state index in [2.05, 4.69) is 51.4 Å². The minimum Gasteiger partial charge on any atom is -0.481 e. The number of carboxylic acid groups (broad SMARTS) is 1. The Labute approximate surface area is 187 Å². The maximum atomic E-state index is 13.0. The quantitative estimate of drug-likeness (QED) is 0.562. The third-order valence-electron chi connectivity index (χ3n) is 5.89. The van der Waals surface area contributed by atoms with Gasteiger partial charge < -0.3 is 20.2 Å². The van der Waals surface area contributed by atoms with Crippen LogP contribution >= 0.6 is 0 Å². The largest absolute Gasteiger partial charge is 0.481 e. The van der Waals surface area contributed by atoms with Crippen LogP contribution in [-0.2, 0) is 17.9 Å². The maximum Gasteiger partial charge on any atom is 0.303 e. The Kier molecular flexibility index (Phi) is 6.70. The monoisotopic (exact) mass is 435 g/mol. The zero-order chi connectivity index (χ0) is 22.5. The standard InChI is InChI=1S/C24H29N5O3/c1-27-13-15-28(16-14-27)19-10-8-18(9-11-19)17-25-24-26-21-6-3-2-5-20(21)23(32)29(24)12-4-7-22(30)31/h2-3,5-6,8-11H,4,7,12-17H2,1H3,(H,25,26)(H,30,31). The summed E-state index contributed by atoms with van der Waals surface area (Å²) >= 11 is 0. The average molecular weight is 436 g/mol. The predicted octanol–water partition coefficient (Wildman–Crippen LogP) is 2.63. The van der Waals surface area contributed by atoms with E-state index in [1.54, 1.807) is 10.6 Å². The topological polar surface area (TPSA) is 90.7 Å². The Morgan fingerprint density at radius 1 is 1.06 bits per heavy atom. The molecule has 168 valence electrons. The lowest BCUT2D eigenvalue weighted by Crippen LogP contribution is -2.44. The molecule has 8 nitrogen and oxygen atoms in total. The van der Waals surface area contributed by atoms with E-state index < -0.39 is 5.97 Å². The number of nitrogens with zero attached hydrogens (tertiary/aromatic N) is 4. The molecule has 0 radical (unpaired) electrons. The molecule has 2 N–H and O–H groups in total. The van der Waals surface area contributed by atoms with Crippen molar-refractivity contribution in [2.75, 3.05) is 43.4 Å². The van der Waals surface area contributed by atoms with Crippen molar-refractivity contribution in [1.82, 2.24) is 14.5 Å². The van der Waals surface area contributed by atoms with Gasteiger partial charge in [-0.05, 0) is 43.3 Å². The zero-order valence-electron chi connectivity index (χ0n) is 18.3. The molecule has 0 aliphatic carbocycles. The number of para-hydroxylation sites is 1. The Morgan fingerprint density at radius 2 is 1.78 bits per heavy atom. The molecule has 2 heterocycles. The summed E-state index contributed by atoms with van der Waals surface area (Å²) in [5, 5.41) is 12.8. The summed E-state index contributed by atoms with van der Waals surface area (Å²) in [6.07, 6.45) is 0.371. The van der Waals surface area contributed by atoms with Crippen LogP contribution in [0.5, 0.6) is 0 Å². The number of piperazine rings is 1. The van der Waals surface area contributed by atoms with Gasteiger partial charge in [0.25, 0.3) is 5.56 Å². The second-order valence-corrected chi connectivity index (χ2v) is 8.22. The summed E-state index contributed by atoms with van der Waals surface area (Å²) < 4.78 is 1.55. The van der Waals surface area contributed by atoms with Gasteiger partial charge in [0.05, 0.1) is 10.9 Å². The summed E-state index contributed by atoms with van der Waals surface area (Å²) in [6.45, 7) is 5.00. The molecule has 1 fully saturated rings. The first-order valence-corrected chi connectivity index (χ1v) is 11.0. The number of hydrogen-bond acceptors (Lipinski definition) is 6. The first kappa shape index (κ1) is 21.8. The molecule has 8 heteroatoms. The van der Waals surface area contributed by atoms with Crippen LogP contribution in [0.15, 0.2) is 53.3 Å². The molecule has 0 atom stereocenters. The van der Waals surface area contributed by atoms with Crippen LogP contribution in [0.2, 0.25) is 0 Å². The van der Waals surface area contributed by atoms with E-state index in [4.69, 9.17) is 5.11 Å². The van der Waals surface area contributed by atoms with Gasteiger partial charge in [0.2, 0.25) is 5.95 Å². The number of aliphatic carboxylic acids is 1. The highest BCUT2D eigenvalue weighted by Gasteiger charge is 2.14. The van der Waals surface area contributed by atoms with E-state index in [1.807, 2.05) is 18.2 Å². The van der Waals surface area contributed by atoms with Crippen molar-refractivity contribution in [3.8, 4) is 0 Å². The Hall–Kier alpha value is -3.39. The molecule has 1 saturated heterocycles. The second kappa shape index (κ2) is 9.82. The molecule has 0 unspecified atom stereocenters. The highest BCUT2D eigenvalue weighted by Crippen LogP contribution is 2.18. The molecule has 3 aromatic rings. The number of likely N-dealkylation sites (N-methyl/N-ethyl adjacent to an activating group) is 1. The number of rotatable bonds is 8. The number of hydrogen-bond donors (Lipinski definition) is 2. The average Bonchev–Trinajstić information content (AvgIpc) is 2.80. The lowest BCUT2D eigenvalue weighted by molar-refractivity contribution is -0.137. The van der Waals surface area contributed by atoms with Gasteiger partial charge in [0.15, 0.2) is 0 Å². The van der Waals surface area contributed by atoms with Crippen LogP contribution in [0.3, 0.4) is 0 Å². The summed E-state index contributed by atoms with van der Waals surface area (Å²) in [4.78, 5) is 33.3. The van der Waals surface area contributed by atoms with Crippen molar-refractivity contribution in [2.45, 2.75) is 25.9 Å². The van der Waals surface area contributed by atoms with Crippen molar-refractivity contribution in [2.24, 2.45) is 0 Å². The summed E-state index contributed by atoms with van der Waals surface area (Å²) in [5.41, 5.74) is 2.77.